The van der Waals surface area contributed by atoms with E-state index in [1.165, 1.54) is 22.3 Å². The van der Waals surface area contributed by atoms with Crippen molar-refractivity contribution in [2.75, 3.05) is 32.7 Å². The van der Waals surface area contributed by atoms with Crippen molar-refractivity contribution in [2.45, 2.75) is 37.0 Å². The number of unbranched alkanes of at least 4 members (excludes halogenated alkanes) is 1. The van der Waals surface area contributed by atoms with Crippen LogP contribution in [0.15, 0.2) is 97.1 Å². The van der Waals surface area contributed by atoms with Crippen LogP contribution in [-0.4, -0.2) is 59.5 Å². The van der Waals surface area contributed by atoms with E-state index in [1.54, 1.807) is 0 Å². The molecule has 212 valence electrons. The first-order chi connectivity index (χ1) is 20.6. The van der Waals surface area contributed by atoms with Gasteiger partial charge in [-0.1, -0.05) is 103 Å². The summed E-state index contributed by atoms with van der Waals surface area (Å²) in [6.07, 6.45) is 2.85. The average molecular weight is 557 g/mol. The summed E-state index contributed by atoms with van der Waals surface area (Å²) >= 11 is 0. The number of carbonyl (C=O) groups is 2. The van der Waals surface area contributed by atoms with Crippen molar-refractivity contribution < 1.29 is 14.7 Å². The Hall–Kier alpha value is -4.22. The Morgan fingerprint density at radius 3 is 1.71 bits per heavy atom. The zero-order valence-corrected chi connectivity index (χ0v) is 23.8. The Morgan fingerprint density at radius 2 is 1.17 bits per heavy atom. The van der Waals surface area contributed by atoms with Crippen LogP contribution in [0.4, 0.5) is 0 Å². The van der Waals surface area contributed by atoms with Crippen molar-refractivity contribution in [3.63, 3.8) is 0 Å². The van der Waals surface area contributed by atoms with E-state index < -0.39 is 11.4 Å². The molecule has 0 spiro atoms. The largest absolute Gasteiger partial charge is 0.480 e. The van der Waals surface area contributed by atoms with Gasteiger partial charge in [-0.2, -0.15) is 0 Å². The first-order valence-corrected chi connectivity index (χ1v) is 15.2. The molecule has 5 nitrogen and oxygen atoms in total. The maximum Gasteiger partial charge on any atom is 0.318 e. The molecule has 0 bridgehead atoms. The van der Waals surface area contributed by atoms with Gasteiger partial charge in [0.15, 0.2) is 0 Å². The molecule has 7 rings (SSSR count). The Bertz CT molecular complexity index is 1560. The summed E-state index contributed by atoms with van der Waals surface area (Å²) in [5, 5.41) is 10.5. The lowest BCUT2D eigenvalue weighted by Crippen LogP contribution is -2.49. The molecule has 42 heavy (non-hydrogen) atoms. The van der Waals surface area contributed by atoms with Crippen LogP contribution in [0.3, 0.4) is 0 Å². The van der Waals surface area contributed by atoms with Crippen molar-refractivity contribution in [3.05, 3.63) is 119 Å². The van der Waals surface area contributed by atoms with E-state index in [0.717, 1.165) is 67.8 Å². The highest BCUT2D eigenvalue weighted by molar-refractivity contribution is 5.97. The minimum absolute atomic E-state index is 0.121. The maximum atomic E-state index is 13.4. The Kier molecular flexibility index (Phi) is 6.91. The molecule has 3 aliphatic rings. The van der Waals surface area contributed by atoms with E-state index in [2.05, 4.69) is 53.4 Å². The SMILES string of the molecule is O=C(CC1c2ccccc2-c2ccccc21)N1CCN(CCCCC2(C(=O)O)c3ccccc3-c3ccccc32)CC1. The average Bonchev–Trinajstić information content (AvgIpc) is 3.51. The molecule has 5 heteroatoms. The van der Waals surface area contributed by atoms with Gasteiger partial charge in [0.05, 0.1) is 0 Å². The van der Waals surface area contributed by atoms with Crippen molar-refractivity contribution in [2.24, 2.45) is 0 Å². The quantitative estimate of drug-likeness (QED) is 0.250. The normalized spacial score (nSPS) is 16.9. The van der Waals surface area contributed by atoms with Crippen LogP contribution in [0.5, 0.6) is 0 Å². The molecule has 0 radical (unpaired) electrons. The number of carboxylic acid groups (broad SMARTS) is 1. The molecular formula is C37H36N2O3. The molecule has 4 aromatic rings. The highest BCUT2D eigenvalue weighted by Gasteiger charge is 2.48. The molecule has 1 fully saturated rings. The zero-order chi connectivity index (χ0) is 28.7. The van der Waals surface area contributed by atoms with E-state index in [0.29, 0.717) is 12.8 Å². The molecule has 0 unspecified atom stereocenters. The molecule has 2 aliphatic carbocycles. The van der Waals surface area contributed by atoms with Crippen molar-refractivity contribution in [1.82, 2.24) is 9.80 Å². The fraction of sp³-hybridized carbons (Fsp3) is 0.297. The minimum Gasteiger partial charge on any atom is -0.480 e. The van der Waals surface area contributed by atoms with Crippen LogP contribution in [0.2, 0.25) is 0 Å². The molecular weight excluding hydrogens is 520 g/mol. The van der Waals surface area contributed by atoms with Crippen LogP contribution in [0.1, 0.15) is 53.9 Å². The van der Waals surface area contributed by atoms with E-state index >= 15 is 0 Å². The van der Waals surface area contributed by atoms with E-state index in [4.69, 9.17) is 0 Å². The first kappa shape index (κ1) is 26.7. The van der Waals surface area contributed by atoms with E-state index in [-0.39, 0.29) is 11.8 Å². The van der Waals surface area contributed by atoms with Gasteiger partial charge in [0, 0.05) is 38.5 Å². The second kappa shape index (κ2) is 10.9. The maximum absolute atomic E-state index is 13.4. The van der Waals surface area contributed by atoms with Gasteiger partial charge in [0.25, 0.3) is 0 Å². The highest BCUT2D eigenvalue weighted by atomic mass is 16.4. The number of hydrogen-bond acceptors (Lipinski definition) is 3. The lowest BCUT2D eigenvalue weighted by molar-refractivity contribution is -0.142. The summed E-state index contributed by atoms with van der Waals surface area (Å²) in [6, 6.07) is 32.9. The minimum atomic E-state index is -0.990. The fourth-order valence-electron chi connectivity index (χ4n) is 7.66. The van der Waals surface area contributed by atoms with Gasteiger partial charge in [0.2, 0.25) is 5.91 Å². The second-order valence-electron chi connectivity index (χ2n) is 11.9. The molecule has 0 saturated carbocycles. The lowest BCUT2D eigenvalue weighted by Gasteiger charge is -2.35. The number of hydrogen-bond donors (Lipinski definition) is 1. The lowest BCUT2D eigenvalue weighted by atomic mass is 9.74. The summed E-state index contributed by atoms with van der Waals surface area (Å²) in [5.41, 5.74) is 7.96. The third kappa shape index (κ3) is 4.35. The number of rotatable bonds is 8. The Labute approximate surface area is 247 Å². The number of aliphatic carboxylic acids is 1. The summed E-state index contributed by atoms with van der Waals surface area (Å²) in [5.74, 6) is -0.414. The van der Waals surface area contributed by atoms with Gasteiger partial charge in [-0.25, -0.2) is 0 Å². The number of fused-ring (bicyclic) bond motifs is 6. The van der Waals surface area contributed by atoms with Gasteiger partial charge in [-0.05, 0) is 63.9 Å². The second-order valence-corrected chi connectivity index (χ2v) is 11.9. The summed E-state index contributed by atoms with van der Waals surface area (Å²) in [6.45, 7) is 4.13. The van der Waals surface area contributed by atoms with Crippen LogP contribution < -0.4 is 0 Å². The smallest absolute Gasteiger partial charge is 0.318 e. The van der Waals surface area contributed by atoms with Gasteiger partial charge >= 0.3 is 5.97 Å². The molecule has 1 aliphatic heterocycles. The first-order valence-electron chi connectivity index (χ1n) is 15.2. The van der Waals surface area contributed by atoms with E-state index in [9.17, 15) is 14.7 Å². The third-order valence-corrected chi connectivity index (χ3v) is 9.77. The number of carbonyl (C=O) groups excluding carboxylic acids is 1. The number of piperazine rings is 1. The summed E-state index contributed by atoms with van der Waals surface area (Å²) in [4.78, 5) is 30.8. The van der Waals surface area contributed by atoms with E-state index in [1.807, 2.05) is 53.4 Å². The van der Waals surface area contributed by atoms with Gasteiger partial charge in [0.1, 0.15) is 5.41 Å². The van der Waals surface area contributed by atoms with Crippen molar-refractivity contribution in [1.29, 1.82) is 0 Å². The third-order valence-electron chi connectivity index (χ3n) is 9.77. The zero-order valence-electron chi connectivity index (χ0n) is 23.8. The predicted molar refractivity (Wildman–Crippen MR) is 166 cm³/mol. The number of amides is 1. The summed E-state index contributed by atoms with van der Waals surface area (Å²) in [7, 11) is 0. The number of carboxylic acids is 1. The fourth-order valence-corrected chi connectivity index (χ4v) is 7.66. The Balaban J connectivity index is 0.947. The molecule has 1 saturated heterocycles. The van der Waals surface area contributed by atoms with Crippen LogP contribution in [-0.2, 0) is 15.0 Å². The van der Waals surface area contributed by atoms with Gasteiger partial charge in [-0.15, -0.1) is 0 Å². The molecule has 4 aromatic carbocycles. The highest BCUT2D eigenvalue weighted by Crippen LogP contribution is 2.51. The molecule has 1 N–H and O–H groups in total. The van der Waals surface area contributed by atoms with Crippen molar-refractivity contribution in [3.8, 4) is 22.3 Å². The van der Waals surface area contributed by atoms with Crippen molar-refractivity contribution >= 4 is 11.9 Å². The summed E-state index contributed by atoms with van der Waals surface area (Å²) < 4.78 is 0. The Morgan fingerprint density at radius 1 is 0.667 bits per heavy atom. The number of nitrogens with zero attached hydrogens (tertiary/aromatic N) is 2. The van der Waals surface area contributed by atoms with Crippen LogP contribution in [0, 0.1) is 0 Å². The van der Waals surface area contributed by atoms with Gasteiger partial charge < -0.3 is 10.0 Å². The molecule has 0 aromatic heterocycles. The monoisotopic (exact) mass is 556 g/mol. The molecule has 1 heterocycles. The number of benzene rings is 4. The topological polar surface area (TPSA) is 60.9 Å². The van der Waals surface area contributed by atoms with Gasteiger partial charge in [-0.3, -0.25) is 14.5 Å². The molecule has 0 atom stereocenters. The van der Waals surface area contributed by atoms with Crippen LogP contribution >= 0.6 is 0 Å². The van der Waals surface area contributed by atoms with Crippen LogP contribution in [0.25, 0.3) is 22.3 Å². The standard InChI is InChI=1S/C37H36N2O3/c40-35(25-32-28-13-3-1-11-26(28)27-12-2-4-14-29(27)32)39-23-21-38(22-24-39)20-10-9-19-37(36(41)42)33-17-7-5-15-30(33)31-16-6-8-18-34(31)37/h1-8,11-18,32H,9-10,19-25H2,(H,41,42). The molecule has 1 amide bonds. The predicted octanol–water partition coefficient (Wildman–Crippen LogP) is 6.55.